The molecule has 1 aliphatic rings. The molecular weight excluding hydrogens is 236 g/mol. The van der Waals surface area contributed by atoms with Gasteiger partial charge >= 0.3 is 0 Å². The van der Waals surface area contributed by atoms with E-state index in [-0.39, 0.29) is 11.8 Å². The highest BCUT2D eigenvalue weighted by molar-refractivity contribution is 5.94. The summed E-state index contributed by atoms with van der Waals surface area (Å²) in [6, 6.07) is 6.17. The number of amides is 1. The monoisotopic (exact) mass is 260 g/mol. The molecule has 1 fully saturated rings. The van der Waals surface area contributed by atoms with Crippen molar-refractivity contribution < 1.29 is 4.79 Å². The Kier molecular flexibility index (Phi) is 4.59. The van der Waals surface area contributed by atoms with Gasteiger partial charge in [0.1, 0.15) is 0 Å². The average Bonchev–Trinajstić information content (AvgIpc) is 2.89. The lowest BCUT2D eigenvalue weighted by Gasteiger charge is -2.19. The summed E-state index contributed by atoms with van der Waals surface area (Å²) in [6.45, 7) is 4.78. The van der Waals surface area contributed by atoms with Gasteiger partial charge in [0.25, 0.3) is 0 Å². The minimum absolute atomic E-state index is 0.0920. The van der Waals surface area contributed by atoms with E-state index in [0.717, 1.165) is 36.9 Å². The van der Waals surface area contributed by atoms with Crippen molar-refractivity contribution in [1.82, 2.24) is 0 Å². The minimum atomic E-state index is 0.0920. The molecule has 0 bridgehead atoms. The van der Waals surface area contributed by atoms with Gasteiger partial charge in [-0.3, -0.25) is 4.79 Å². The largest absolute Gasteiger partial charge is 0.330 e. The summed E-state index contributed by atoms with van der Waals surface area (Å²) in [5.41, 5.74) is 9.10. The molecule has 1 aromatic carbocycles. The van der Waals surface area contributed by atoms with Crippen LogP contribution in [-0.2, 0) is 11.2 Å². The van der Waals surface area contributed by atoms with Gasteiger partial charge in [-0.25, -0.2) is 0 Å². The topological polar surface area (TPSA) is 55.1 Å². The van der Waals surface area contributed by atoms with Crippen LogP contribution < -0.4 is 11.1 Å². The Labute approximate surface area is 115 Å². The van der Waals surface area contributed by atoms with Crippen molar-refractivity contribution in [3.63, 3.8) is 0 Å². The number of nitrogens with two attached hydrogens (primary N) is 1. The second kappa shape index (κ2) is 6.20. The summed E-state index contributed by atoms with van der Waals surface area (Å²) in [5, 5.41) is 3.14. The molecule has 3 N–H and O–H groups in total. The van der Waals surface area contributed by atoms with Crippen LogP contribution >= 0.6 is 0 Å². The maximum atomic E-state index is 12.4. The summed E-state index contributed by atoms with van der Waals surface area (Å²) >= 11 is 0. The molecule has 1 saturated carbocycles. The van der Waals surface area contributed by atoms with E-state index in [1.54, 1.807) is 0 Å². The van der Waals surface area contributed by atoms with Crippen LogP contribution in [-0.4, -0.2) is 12.5 Å². The van der Waals surface area contributed by atoms with Gasteiger partial charge in [0.2, 0.25) is 5.91 Å². The quantitative estimate of drug-likeness (QED) is 0.874. The van der Waals surface area contributed by atoms with Crippen molar-refractivity contribution in [2.45, 2.75) is 39.5 Å². The van der Waals surface area contributed by atoms with Crippen LogP contribution in [0.3, 0.4) is 0 Å². The maximum absolute atomic E-state index is 12.4. The molecule has 0 radical (unpaired) electrons. The van der Waals surface area contributed by atoms with Gasteiger partial charge in [-0.2, -0.15) is 0 Å². The Morgan fingerprint density at radius 2 is 2.21 bits per heavy atom. The van der Waals surface area contributed by atoms with Crippen LogP contribution in [0, 0.1) is 18.8 Å². The molecule has 2 unspecified atom stereocenters. The van der Waals surface area contributed by atoms with Crippen LogP contribution in [0.25, 0.3) is 0 Å². The van der Waals surface area contributed by atoms with Gasteiger partial charge in [0.15, 0.2) is 0 Å². The predicted molar refractivity (Wildman–Crippen MR) is 79.1 cm³/mol. The molecule has 3 heteroatoms. The Hall–Kier alpha value is -1.35. The van der Waals surface area contributed by atoms with Crippen LogP contribution in [0.1, 0.15) is 37.3 Å². The lowest BCUT2D eigenvalue weighted by molar-refractivity contribution is -0.120. The molecule has 1 amide bonds. The molecule has 0 saturated heterocycles. The van der Waals surface area contributed by atoms with E-state index in [9.17, 15) is 4.79 Å². The van der Waals surface area contributed by atoms with E-state index in [1.807, 2.05) is 19.1 Å². The molecule has 3 nitrogen and oxygen atoms in total. The van der Waals surface area contributed by atoms with E-state index >= 15 is 0 Å². The summed E-state index contributed by atoms with van der Waals surface area (Å²) in [5.74, 6) is 0.598. The van der Waals surface area contributed by atoms with Crippen molar-refractivity contribution in [3.05, 3.63) is 29.3 Å². The molecule has 2 rings (SSSR count). The first-order chi connectivity index (χ1) is 9.17. The fourth-order valence-electron chi connectivity index (χ4n) is 3.08. The van der Waals surface area contributed by atoms with Crippen LogP contribution in [0.15, 0.2) is 18.2 Å². The highest BCUT2D eigenvalue weighted by Gasteiger charge is 2.32. The number of para-hydroxylation sites is 1. The first-order valence-electron chi connectivity index (χ1n) is 7.26. The molecule has 0 heterocycles. The highest BCUT2D eigenvalue weighted by atomic mass is 16.1. The summed E-state index contributed by atoms with van der Waals surface area (Å²) in [4.78, 5) is 12.4. The van der Waals surface area contributed by atoms with E-state index in [1.165, 1.54) is 5.56 Å². The molecule has 104 valence electrons. The van der Waals surface area contributed by atoms with E-state index in [2.05, 4.69) is 18.3 Å². The predicted octanol–water partition coefficient (Wildman–Crippen LogP) is 2.87. The molecule has 0 aliphatic heterocycles. The zero-order valence-corrected chi connectivity index (χ0v) is 11.9. The third kappa shape index (κ3) is 2.98. The highest BCUT2D eigenvalue weighted by Crippen LogP contribution is 2.32. The number of hydrogen-bond donors (Lipinski definition) is 2. The van der Waals surface area contributed by atoms with Gasteiger partial charge in [-0.05, 0) is 49.8 Å². The molecule has 19 heavy (non-hydrogen) atoms. The molecule has 0 spiro atoms. The summed E-state index contributed by atoms with van der Waals surface area (Å²) < 4.78 is 0. The lowest BCUT2D eigenvalue weighted by Crippen LogP contribution is -2.30. The van der Waals surface area contributed by atoms with Crippen LogP contribution in [0.2, 0.25) is 0 Å². The maximum Gasteiger partial charge on any atom is 0.227 e. The Balaban J connectivity index is 2.15. The Morgan fingerprint density at radius 3 is 2.89 bits per heavy atom. The number of carbonyl (C=O) groups excluding carboxylic acids is 1. The fourth-order valence-corrected chi connectivity index (χ4v) is 3.08. The first kappa shape index (κ1) is 14.1. The van der Waals surface area contributed by atoms with Gasteiger partial charge < -0.3 is 11.1 Å². The second-order valence-electron chi connectivity index (χ2n) is 5.49. The third-order valence-electron chi connectivity index (χ3n) is 4.29. The Bertz CT molecular complexity index is 456. The number of nitrogens with one attached hydrogen (secondary N) is 1. The van der Waals surface area contributed by atoms with Crippen LogP contribution in [0.4, 0.5) is 5.69 Å². The first-order valence-corrected chi connectivity index (χ1v) is 7.26. The van der Waals surface area contributed by atoms with E-state index < -0.39 is 0 Å². The zero-order chi connectivity index (χ0) is 13.8. The zero-order valence-electron chi connectivity index (χ0n) is 11.9. The summed E-state index contributed by atoms with van der Waals surface area (Å²) in [7, 11) is 0. The molecular formula is C16H24N2O. The number of hydrogen-bond acceptors (Lipinski definition) is 2. The number of benzene rings is 1. The molecule has 1 aliphatic carbocycles. The number of anilines is 1. The van der Waals surface area contributed by atoms with Gasteiger partial charge in [-0.15, -0.1) is 0 Å². The van der Waals surface area contributed by atoms with Crippen LogP contribution in [0.5, 0.6) is 0 Å². The minimum Gasteiger partial charge on any atom is -0.330 e. The van der Waals surface area contributed by atoms with Crippen molar-refractivity contribution in [3.8, 4) is 0 Å². The van der Waals surface area contributed by atoms with Crippen molar-refractivity contribution >= 4 is 11.6 Å². The van der Waals surface area contributed by atoms with Gasteiger partial charge in [-0.1, -0.05) is 31.5 Å². The van der Waals surface area contributed by atoms with E-state index in [4.69, 9.17) is 5.73 Å². The smallest absolute Gasteiger partial charge is 0.227 e. The van der Waals surface area contributed by atoms with Gasteiger partial charge in [0, 0.05) is 11.6 Å². The van der Waals surface area contributed by atoms with Crippen molar-refractivity contribution in [2.75, 3.05) is 11.9 Å². The number of aryl methyl sites for hydroxylation is 2. The average molecular weight is 260 g/mol. The van der Waals surface area contributed by atoms with Gasteiger partial charge in [0.05, 0.1) is 0 Å². The number of rotatable bonds is 4. The SMILES string of the molecule is CCc1cccc(C)c1NC(=O)C1CCCC1CN. The Morgan fingerprint density at radius 1 is 1.42 bits per heavy atom. The molecule has 1 aromatic rings. The standard InChI is InChI=1S/C16H24N2O/c1-3-12-7-4-6-11(2)15(12)18-16(19)14-9-5-8-13(14)10-17/h4,6-7,13-14H,3,5,8-10,17H2,1-2H3,(H,18,19). The number of carbonyl (C=O) groups is 1. The molecule has 0 aromatic heterocycles. The normalized spacial score (nSPS) is 22.5. The van der Waals surface area contributed by atoms with Crippen molar-refractivity contribution in [2.24, 2.45) is 17.6 Å². The second-order valence-corrected chi connectivity index (χ2v) is 5.49. The van der Waals surface area contributed by atoms with E-state index in [0.29, 0.717) is 12.5 Å². The summed E-state index contributed by atoms with van der Waals surface area (Å²) in [6.07, 6.45) is 4.11. The van der Waals surface area contributed by atoms with Crippen molar-refractivity contribution in [1.29, 1.82) is 0 Å². The lowest BCUT2D eigenvalue weighted by atomic mass is 9.95. The fraction of sp³-hybridized carbons (Fsp3) is 0.562. The third-order valence-corrected chi connectivity index (χ3v) is 4.29. The molecule has 2 atom stereocenters.